The maximum atomic E-state index is 12.7. The van der Waals surface area contributed by atoms with Crippen molar-refractivity contribution in [3.8, 4) is 11.5 Å². The highest BCUT2D eigenvalue weighted by atomic mass is 35.5. The fraction of sp³-hybridized carbons (Fsp3) is 0.211. The zero-order valence-corrected chi connectivity index (χ0v) is 16.4. The van der Waals surface area contributed by atoms with Crippen LogP contribution in [0, 0.1) is 0 Å². The third-order valence-corrected chi connectivity index (χ3v) is 5.04. The molecule has 1 fully saturated rings. The van der Waals surface area contributed by atoms with E-state index in [2.05, 4.69) is 9.98 Å². The van der Waals surface area contributed by atoms with E-state index < -0.39 is 0 Å². The number of aromatic nitrogens is 1. The quantitative estimate of drug-likeness (QED) is 0.589. The van der Waals surface area contributed by atoms with Crippen molar-refractivity contribution in [3.05, 3.63) is 52.2 Å². The topological polar surface area (TPSA) is 75.0 Å². The van der Waals surface area contributed by atoms with E-state index in [4.69, 9.17) is 16.3 Å². The fourth-order valence-electron chi connectivity index (χ4n) is 2.48. The van der Waals surface area contributed by atoms with E-state index in [1.807, 2.05) is 13.8 Å². The van der Waals surface area contributed by atoms with Gasteiger partial charge in [0.15, 0.2) is 21.8 Å². The first-order chi connectivity index (χ1) is 13.0. The van der Waals surface area contributed by atoms with E-state index in [0.717, 1.165) is 5.56 Å². The molecule has 0 bridgehead atoms. The van der Waals surface area contributed by atoms with Gasteiger partial charge in [-0.05, 0) is 61.5 Å². The molecule has 1 aromatic heterocycles. The Morgan fingerprint density at radius 3 is 2.89 bits per heavy atom. The van der Waals surface area contributed by atoms with Crippen LogP contribution in [0.2, 0.25) is 5.15 Å². The van der Waals surface area contributed by atoms with Gasteiger partial charge in [0, 0.05) is 12.7 Å². The number of hydrogen-bond acceptors (Lipinski definition) is 6. The maximum absolute atomic E-state index is 12.7. The number of hydrogen-bond donors (Lipinski definition) is 1. The lowest BCUT2D eigenvalue weighted by molar-refractivity contribution is -0.122. The molecule has 6 nitrogen and oxygen atoms in total. The molecule has 0 saturated carbocycles. The molecule has 1 aliphatic rings. The van der Waals surface area contributed by atoms with Gasteiger partial charge >= 0.3 is 0 Å². The third-order valence-electron chi connectivity index (χ3n) is 3.74. The molecule has 3 rings (SSSR count). The SMILES string of the molecule is CCOc1cc(/C=C2\SC(=Nc3cccnc3Cl)N(CC)C2=O)ccc1O. The minimum atomic E-state index is -0.132. The highest BCUT2D eigenvalue weighted by molar-refractivity contribution is 8.18. The van der Waals surface area contributed by atoms with Crippen molar-refractivity contribution in [2.24, 2.45) is 4.99 Å². The Morgan fingerprint density at radius 2 is 2.19 bits per heavy atom. The molecule has 1 N–H and O–H groups in total. The normalized spacial score (nSPS) is 17.1. The van der Waals surface area contributed by atoms with Crippen LogP contribution in [0.3, 0.4) is 0 Å². The Hall–Kier alpha value is -2.51. The second-order valence-electron chi connectivity index (χ2n) is 5.53. The zero-order valence-electron chi connectivity index (χ0n) is 14.8. The van der Waals surface area contributed by atoms with Gasteiger partial charge in [0.1, 0.15) is 5.69 Å². The molecule has 0 aliphatic carbocycles. The van der Waals surface area contributed by atoms with Gasteiger partial charge in [0.25, 0.3) is 5.91 Å². The van der Waals surface area contributed by atoms with Crippen molar-refractivity contribution in [3.63, 3.8) is 0 Å². The van der Waals surface area contributed by atoms with Crippen molar-refractivity contribution in [2.75, 3.05) is 13.2 Å². The van der Waals surface area contributed by atoms with Gasteiger partial charge in [-0.3, -0.25) is 9.69 Å². The van der Waals surface area contributed by atoms with Crippen molar-refractivity contribution < 1.29 is 14.6 Å². The standard InChI is InChI=1S/C19H18ClN3O3S/c1-3-23-18(25)16(11-12-7-8-14(24)15(10-12)26-4-2)27-19(23)22-13-6-5-9-21-17(13)20/h5-11,24H,3-4H2,1-2H3/b16-11-,22-19?. The molecule has 0 radical (unpaired) electrons. The van der Waals surface area contributed by atoms with Crippen LogP contribution in [0.25, 0.3) is 6.08 Å². The van der Waals surface area contributed by atoms with Crippen LogP contribution in [0.15, 0.2) is 46.4 Å². The highest BCUT2D eigenvalue weighted by Gasteiger charge is 2.32. The second kappa shape index (κ2) is 8.45. The molecule has 1 aromatic carbocycles. The number of thioether (sulfide) groups is 1. The summed E-state index contributed by atoms with van der Waals surface area (Å²) in [5.41, 5.74) is 1.27. The number of phenolic OH excluding ortho intramolecular Hbond substituents is 1. The van der Waals surface area contributed by atoms with Crippen LogP contribution in [0.1, 0.15) is 19.4 Å². The molecule has 0 unspecified atom stereocenters. The maximum Gasteiger partial charge on any atom is 0.266 e. The zero-order chi connectivity index (χ0) is 19.4. The number of benzene rings is 1. The van der Waals surface area contributed by atoms with Crippen molar-refractivity contribution in [2.45, 2.75) is 13.8 Å². The Bertz CT molecular complexity index is 930. The first kappa shape index (κ1) is 19.3. The molecule has 8 heteroatoms. The first-order valence-electron chi connectivity index (χ1n) is 8.40. The number of pyridine rings is 1. The number of ether oxygens (including phenoxy) is 1. The highest BCUT2D eigenvalue weighted by Crippen LogP contribution is 2.36. The van der Waals surface area contributed by atoms with Crippen LogP contribution in [0.4, 0.5) is 5.69 Å². The van der Waals surface area contributed by atoms with Crippen LogP contribution in [0.5, 0.6) is 11.5 Å². The summed E-state index contributed by atoms with van der Waals surface area (Å²) in [4.78, 5) is 23.4. The number of amides is 1. The van der Waals surface area contributed by atoms with Gasteiger partial charge in [0.05, 0.1) is 11.5 Å². The smallest absolute Gasteiger partial charge is 0.266 e. The molecule has 2 aromatic rings. The second-order valence-corrected chi connectivity index (χ2v) is 6.90. The minimum absolute atomic E-state index is 0.0630. The molecule has 0 spiro atoms. The lowest BCUT2D eigenvalue weighted by Gasteiger charge is -2.12. The number of phenols is 1. The molecule has 1 aliphatic heterocycles. The number of carbonyl (C=O) groups excluding carboxylic acids is 1. The summed E-state index contributed by atoms with van der Waals surface area (Å²) in [6.45, 7) is 4.65. The molecule has 1 saturated heterocycles. The van der Waals surface area contributed by atoms with Gasteiger partial charge in [-0.25, -0.2) is 9.98 Å². The summed E-state index contributed by atoms with van der Waals surface area (Å²) in [6, 6.07) is 8.46. The Kier molecular flexibility index (Phi) is 6.03. The Morgan fingerprint density at radius 1 is 1.37 bits per heavy atom. The van der Waals surface area contributed by atoms with E-state index in [9.17, 15) is 9.90 Å². The number of nitrogens with zero attached hydrogens (tertiary/aromatic N) is 3. The number of halogens is 1. The van der Waals surface area contributed by atoms with Gasteiger partial charge in [-0.1, -0.05) is 17.7 Å². The number of likely N-dealkylation sites (N-methyl/N-ethyl adjacent to an activating group) is 1. The summed E-state index contributed by atoms with van der Waals surface area (Å²) >= 11 is 7.35. The van der Waals surface area contributed by atoms with Crippen LogP contribution < -0.4 is 4.74 Å². The average molecular weight is 404 g/mol. The summed E-state index contributed by atoms with van der Waals surface area (Å²) in [6.07, 6.45) is 3.34. The predicted octanol–water partition coefficient (Wildman–Crippen LogP) is 4.46. The lowest BCUT2D eigenvalue weighted by Crippen LogP contribution is -2.28. The summed E-state index contributed by atoms with van der Waals surface area (Å²) in [5, 5.41) is 10.7. The number of aromatic hydroxyl groups is 1. The Balaban J connectivity index is 1.94. The summed E-state index contributed by atoms with van der Waals surface area (Å²) in [7, 11) is 0. The molecular weight excluding hydrogens is 386 g/mol. The Labute approximate surface area is 166 Å². The van der Waals surface area contributed by atoms with E-state index in [1.54, 1.807) is 47.5 Å². The van der Waals surface area contributed by atoms with E-state index in [-0.39, 0.29) is 16.8 Å². The molecule has 1 amide bonds. The van der Waals surface area contributed by atoms with Gasteiger partial charge in [0.2, 0.25) is 0 Å². The number of aliphatic imine (C=N–C) groups is 1. The molecule has 27 heavy (non-hydrogen) atoms. The van der Waals surface area contributed by atoms with Crippen LogP contribution in [-0.4, -0.2) is 39.2 Å². The van der Waals surface area contributed by atoms with E-state index in [1.165, 1.54) is 11.8 Å². The van der Waals surface area contributed by atoms with Crippen LogP contribution in [-0.2, 0) is 4.79 Å². The lowest BCUT2D eigenvalue weighted by atomic mass is 10.2. The average Bonchev–Trinajstić information content (AvgIpc) is 2.94. The summed E-state index contributed by atoms with van der Waals surface area (Å²) in [5.74, 6) is 0.311. The van der Waals surface area contributed by atoms with Crippen molar-refractivity contribution >= 4 is 46.2 Å². The monoisotopic (exact) mass is 403 g/mol. The van der Waals surface area contributed by atoms with Crippen molar-refractivity contribution in [1.82, 2.24) is 9.88 Å². The largest absolute Gasteiger partial charge is 0.504 e. The van der Waals surface area contributed by atoms with Crippen molar-refractivity contribution in [1.29, 1.82) is 0 Å². The van der Waals surface area contributed by atoms with Gasteiger partial charge < -0.3 is 9.84 Å². The minimum Gasteiger partial charge on any atom is -0.504 e. The fourth-order valence-corrected chi connectivity index (χ4v) is 3.69. The van der Waals surface area contributed by atoms with E-state index in [0.29, 0.717) is 34.7 Å². The van der Waals surface area contributed by atoms with Gasteiger partial charge in [-0.15, -0.1) is 0 Å². The molecule has 2 heterocycles. The van der Waals surface area contributed by atoms with E-state index >= 15 is 0 Å². The van der Waals surface area contributed by atoms with Crippen LogP contribution >= 0.6 is 23.4 Å². The third kappa shape index (κ3) is 4.26. The van der Waals surface area contributed by atoms with Gasteiger partial charge in [-0.2, -0.15) is 0 Å². The molecule has 140 valence electrons. The molecular formula is C19H18ClN3O3S. The predicted molar refractivity (Wildman–Crippen MR) is 109 cm³/mol. The summed E-state index contributed by atoms with van der Waals surface area (Å²) < 4.78 is 5.40. The molecule has 0 atom stereocenters. The number of carbonyl (C=O) groups is 1. The number of rotatable bonds is 5. The first-order valence-corrected chi connectivity index (χ1v) is 9.59. The number of amidine groups is 1.